The molecule has 4 aromatic rings. The predicted molar refractivity (Wildman–Crippen MR) is 166 cm³/mol. The number of fused-ring (bicyclic) bond motifs is 1. The van der Waals surface area contributed by atoms with E-state index >= 15 is 4.39 Å². The predicted octanol–water partition coefficient (Wildman–Crippen LogP) is 3.63. The van der Waals surface area contributed by atoms with Crippen LogP contribution in [-0.4, -0.2) is 84.3 Å². The number of nitrogens with zero attached hydrogens (tertiary/aromatic N) is 6. The second-order valence-corrected chi connectivity index (χ2v) is 11.4. The van der Waals surface area contributed by atoms with Gasteiger partial charge in [0.1, 0.15) is 29.2 Å². The fourth-order valence-electron chi connectivity index (χ4n) is 6.14. The molecule has 6 rings (SSSR count). The van der Waals surface area contributed by atoms with Gasteiger partial charge in [0.05, 0.1) is 18.0 Å². The Balaban J connectivity index is 1.25. The second-order valence-electron chi connectivity index (χ2n) is 11.4. The molecule has 0 bridgehead atoms. The standard InChI is InChI=1S/C33H34FN7O3/c1-4-28(43)41-15-13-23(16-24(41)17-42)40-18-33(34,19-40)14-12-26-29(30-31(35)36-20-37-32(30)39(26)3)22-8-10-25(11-9-22)44-27-7-5-6-21(2)38-27/h4-11,20,23-24,42H,1,13,15-19H2,2-3H3,(H2,35,36,37)/t23?,24-/m0/s1. The quantitative estimate of drug-likeness (QED) is 0.256. The van der Waals surface area contributed by atoms with Crippen LogP contribution in [0.1, 0.15) is 24.2 Å². The number of aryl methyl sites for hydroxylation is 2. The minimum absolute atomic E-state index is 0.0608. The van der Waals surface area contributed by atoms with Gasteiger partial charge in [-0.25, -0.2) is 19.3 Å². The lowest BCUT2D eigenvalue weighted by molar-refractivity contribution is -0.133. The van der Waals surface area contributed by atoms with Crippen molar-refractivity contribution < 1.29 is 19.0 Å². The van der Waals surface area contributed by atoms with Crippen LogP contribution in [0.5, 0.6) is 11.6 Å². The first kappa shape index (κ1) is 29.3. The molecule has 1 unspecified atom stereocenters. The van der Waals surface area contributed by atoms with E-state index in [0.717, 1.165) is 16.8 Å². The molecule has 1 amide bonds. The zero-order valence-corrected chi connectivity index (χ0v) is 24.7. The van der Waals surface area contributed by atoms with Crippen LogP contribution in [0.25, 0.3) is 22.2 Å². The van der Waals surface area contributed by atoms with Crippen molar-refractivity contribution in [3.05, 3.63) is 72.8 Å². The number of aromatic nitrogens is 4. The zero-order valence-electron chi connectivity index (χ0n) is 24.7. The average molecular weight is 596 g/mol. The van der Waals surface area contributed by atoms with Gasteiger partial charge in [0.2, 0.25) is 11.8 Å². The Kier molecular flexibility index (Phi) is 7.80. The number of pyridine rings is 1. The number of benzene rings is 1. The van der Waals surface area contributed by atoms with Crippen molar-refractivity contribution in [2.45, 2.75) is 37.5 Å². The lowest BCUT2D eigenvalue weighted by Gasteiger charge is -2.50. The highest BCUT2D eigenvalue weighted by molar-refractivity contribution is 6.03. The largest absolute Gasteiger partial charge is 0.439 e. The maximum Gasteiger partial charge on any atom is 0.246 e. The molecule has 3 N–H and O–H groups in total. The number of carbonyl (C=O) groups is 1. The van der Waals surface area contributed by atoms with Crippen molar-refractivity contribution >= 4 is 22.8 Å². The second kappa shape index (κ2) is 11.7. The maximum absolute atomic E-state index is 15.9. The summed E-state index contributed by atoms with van der Waals surface area (Å²) in [6.45, 7) is 6.11. The van der Waals surface area contributed by atoms with Crippen molar-refractivity contribution in [3.8, 4) is 34.6 Å². The topological polar surface area (TPSA) is 123 Å². The molecular formula is C33H34FN7O3. The van der Waals surface area contributed by atoms with Crippen LogP contribution >= 0.6 is 0 Å². The molecule has 2 aliphatic rings. The molecule has 5 heterocycles. The monoisotopic (exact) mass is 595 g/mol. The van der Waals surface area contributed by atoms with Crippen LogP contribution in [0, 0.1) is 18.8 Å². The number of anilines is 1. The highest BCUT2D eigenvalue weighted by Crippen LogP contribution is 2.38. The number of nitrogens with two attached hydrogens (primary N) is 1. The Hall–Kier alpha value is -4.79. The molecule has 11 heteroatoms. The van der Waals surface area contributed by atoms with Gasteiger partial charge in [-0.05, 0) is 55.5 Å². The molecule has 2 fully saturated rings. The summed E-state index contributed by atoms with van der Waals surface area (Å²) in [7, 11) is 1.83. The van der Waals surface area contributed by atoms with Gasteiger partial charge >= 0.3 is 0 Å². The van der Waals surface area contributed by atoms with Crippen molar-refractivity contribution in [1.82, 2.24) is 29.3 Å². The Morgan fingerprint density at radius 3 is 2.73 bits per heavy atom. The number of halogens is 1. The van der Waals surface area contributed by atoms with E-state index in [9.17, 15) is 9.90 Å². The van der Waals surface area contributed by atoms with Crippen molar-refractivity contribution in [3.63, 3.8) is 0 Å². The van der Waals surface area contributed by atoms with Gasteiger partial charge in [0, 0.05) is 50.0 Å². The normalized spacial score (nSPS) is 19.6. The molecular weight excluding hydrogens is 561 g/mol. The summed E-state index contributed by atoms with van der Waals surface area (Å²) in [5.74, 6) is 7.23. The molecule has 1 aromatic carbocycles. The molecule has 10 nitrogen and oxygen atoms in total. The van der Waals surface area contributed by atoms with E-state index in [1.165, 1.54) is 12.4 Å². The van der Waals surface area contributed by atoms with E-state index in [-0.39, 0.29) is 37.7 Å². The highest BCUT2D eigenvalue weighted by atomic mass is 19.1. The number of hydrogen-bond donors (Lipinski definition) is 2. The van der Waals surface area contributed by atoms with Gasteiger partial charge in [0.15, 0.2) is 5.67 Å². The summed E-state index contributed by atoms with van der Waals surface area (Å²) in [4.78, 5) is 28.9. The number of piperidine rings is 1. The third-order valence-electron chi connectivity index (χ3n) is 8.41. The molecule has 2 atom stereocenters. The molecule has 0 radical (unpaired) electrons. The van der Waals surface area contributed by atoms with Crippen LogP contribution in [0.4, 0.5) is 10.2 Å². The van der Waals surface area contributed by atoms with Crippen LogP contribution in [-0.2, 0) is 11.8 Å². The van der Waals surface area contributed by atoms with E-state index in [1.807, 2.05) is 59.8 Å². The highest BCUT2D eigenvalue weighted by Gasteiger charge is 2.47. The number of amides is 1. The lowest BCUT2D eigenvalue weighted by Crippen LogP contribution is -2.64. The molecule has 44 heavy (non-hydrogen) atoms. The van der Waals surface area contributed by atoms with Gasteiger partial charge in [-0.15, -0.1) is 0 Å². The number of hydrogen-bond acceptors (Lipinski definition) is 8. The van der Waals surface area contributed by atoms with Gasteiger partial charge in [-0.3, -0.25) is 9.69 Å². The average Bonchev–Trinajstić information content (AvgIpc) is 3.30. The summed E-state index contributed by atoms with van der Waals surface area (Å²) in [6.07, 6.45) is 3.94. The minimum atomic E-state index is -1.70. The SMILES string of the molecule is C=CC(=O)N1CCC(N2CC(F)(C#Cc3c(-c4ccc(Oc5cccc(C)n5)cc4)c4c(N)ncnc4n3C)C2)C[C@H]1CO. The van der Waals surface area contributed by atoms with E-state index < -0.39 is 5.67 Å². The molecule has 0 spiro atoms. The number of alkyl halides is 1. The summed E-state index contributed by atoms with van der Waals surface area (Å²) in [5, 5.41) is 10.5. The van der Waals surface area contributed by atoms with E-state index in [1.54, 1.807) is 11.0 Å². The van der Waals surface area contributed by atoms with Gasteiger partial charge in [0.25, 0.3) is 0 Å². The summed E-state index contributed by atoms with van der Waals surface area (Å²) in [6, 6.07) is 12.8. The number of ether oxygens (including phenoxy) is 1. The van der Waals surface area contributed by atoms with Gasteiger partial charge in [-0.1, -0.05) is 30.7 Å². The first-order valence-corrected chi connectivity index (χ1v) is 14.5. The fraction of sp³-hybridized carbons (Fsp3) is 0.333. The number of aliphatic hydroxyl groups is 1. The van der Waals surface area contributed by atoms with Crippen molar-refractivity contribution in [2.24, 2.45) is 7.05 Å². The van der Waals surface area contributed by atoms with Crippen molar-refractivity contribution in [1.29, 1.82) is 0 Å². The third-order valence-corrected chi connectivity index (χ3v) is 8.41. The van der Waals surface area contributed by atoms with Crippen LogP contribution in [0.15, 0.2) is 61.4 Å². The first-order chi connectivity index (χ1) is 21.2. The zero-order chi connectivity index (χ0) is 31.0. The molecule has 226 valence electrons. The Bertz CT molecular complexity index is 1790. The Labute approximate surface area is 255 Å². The fourth-order valence-corrected chi connectivity index (χ4v) is 6.14. The summed E-state index contributed by atoms with van der Waals surface area (Å²) in [5.41, 5.74) is 8.19. The van der Waals surface area contributed by atoms with E-state index in [0.29, 0.717) is 53.6 Å². The summed E-state index contributed by atoms with van der Waals surface area (Å²) < 4.78 is 23.6. The minimum Gasteiger partial charge on any atom is -0.439 e. The smallest absolute Gasteiger partial charge is 0.246 e. The number of rotatable bonds is 6. The van der Waals surface area contributed by atoms with Gasteiger partial charge in [-0.2, -0.15) is 0 Å². The Morgan fingerprint density at radius 1 is 1.25 bits per heavy atom. The maximum atomic E-state index is 15.9. The summed E-state index contributed by atoms with van der Waals surface area (Å²) >= 11 is 0. The van der Waals surface area contributed by atoms with Crippen LogP contribution in [0.3, 0.4) is 0 Å². The molecule has 3 aromatic heterocycles. The van der Waals surface area contributed by atoms with E-state index in [4.69, 9.17) is 10.5 Å². The lowest BCUT2D eigenvalue weighted by atomic mass is 9.88. The number of likely N-dealkylation sites (tertiary alicyclic amines) is 2. The number of aliphatic hydroxyl groups excluding tert-OH is 1. The molecule has 0 saturated carbocycles. The number of nitrogen functional groups attached to an aromatic ring is 1. The third kappa shape index (κ3) is 5.50. The first-order valence-electron chi connectivity index (χ1n) is 14.5. The molecule has 2 aliphatic heterocycles. The van der Waals surface area contributed by atoms with Crippen LogP contribution < -0.4 is 10.5 Å². The number of carbonyl (C=O) groups excluding carboxylic acids is 1. The Morgan fingerprint density at radius 2 is 2.02 bits per heavy atom. The van der Waals surface area contributed by atoms with E-state index in [2.05, 4.69) is 33.4 Å². The molecule has 2 saturated heterocycles. The van der Waals surface area contributed by atoms with Crippen molar-refractivity contribution in [2.75, 3.05) is 32.0 Å². The van der Waals surface area contributed by atoms with Gasteiger partial charge < -0.3 is 25.0 Å². The van der Waals surface area contributed by atoms with Crippen LogP contribution in [0.2, 0.25) is 0 Å². The molecule has 0 aliphatic carbocycles.